The number of nitrogens with zero attached hydrogens (tertiary/aromatic N) is 5. The quantitative estimate of drug-likeness (QED) is 0.359. The van der Waals surface area contributed by atoms with Crippen molar-refractivity contribution in [2.75, 3.05) is 0 Å². The molecular formula is C22H15ClF3N5. The minimum absolute atomic E-state index is 0.405. The number of alkyl halides is 3. The normalized spacial score (nSPS) is 12.1. The van der Waals surface area contributed by atoms with Crippen LogP contribution in [0.25, 0.3) is 32.9 Å². The smallest absolute Gasteiger partial charge is 0.329 e. The Labute approximate surface area is 179 Å². The number of hydrogen-bond donors (Lipinski definition) is 0. The third-order valence-corrected chi connectivity index (χ3v) is 5.32. The van der Waals surface area contributed by atoms with Crippen LogP contribution < -0.4 is 0 Å². The van der Waals surface area contributed by atoms with Crippen molar-refractivity contribution < 1.29 is 13.2 Å². The second-order valence-corrected chi connectivity index (χ2v) is 7.66. The highest BCUT2D eigenvalue weighted by Gasteiger charge is 2.30. The molecule has 5 rings (SSSR count). The maximum Gasteiger partial charge on any atom is 0.406 e. The molecule has 4 aromatic heterocycles. The van der Waals surface area contributed by atoms with Gasteiger partial charge in [0.25, 0.3) is 0 Å². The minimum atomic E-state index is -4.39. The second kappa shape index (κ2) is 7.39. The number of rotatable bonds is 4. The van der Waals surface area contributed by atoms with Crippen LogP contribution in [0.3, 0.4) is 0 Å². The van der Waals surface area contributed by atoms with Crippen LogP contribution in [0, 0.1) is 0 Å². The summed E-state index contributed by atoms with van der Waals surface area (Å²) in [7, 11) is 0. The predicted octanol–water partition coefficient (Wildman–Crippen LogP) is 5.71. The molecule has 0 saturated heterocycles. The molecule has 0 N–H and O–H groups in total. The maximum atomic E-state index is 13.4. The van der Waals surface area contributed by atoms with Gasteiger partial charge >= 0.3 is 6.18 Å². The molecule has 0 saturated carbocycles. The average Bonchev–Trinajstić information content (AvgIpc) is 3.31. The lowest BCUT2D eigenvalue weighted by Gasteiger charge is -2.13. The summed E-state index contributed by atoms with van der Waals surface area (Å²) in [6, 6.07) is 8.84. The lowest BCUT2D eigenvalue weighted by molar-refractivity contribution is -0.139. The molecule has 0 aliphatic carbocycles. The first-order chi connectivity index (χ1) is 14.9. The molecule has 0 unspecified atom stereocenters. The Bertz CT molecular complexity index is 1390. The summed E-state index contributed by atoms with van der Waals surface area (Å²) in [5.41, 5.74) is 3.14. The van der Waals surface area contributed by atoms with Gasteiger partial charge in [0.05, 0.1) is 30.0 Å². The summed E-state index contributed by atoms with van der Waals surface area (Å²) in [6.07, 6.45) is 5.46. The molecule has 0 atom stereocenters. The van der Waals surface area contributed by atoms with Gasteiger partial charge < -0.3 is 4.57 Å². The zero-order valence-corrected chi connectivity index (χ0v) is 16.8. The van der Waals surface area contributed by atoms with E-state index in [1.165, 1.54) is 10.8 Å². The van der Waals surface area contributed by atoms with Crippen molar-refractivity contribution >= 4 is 33.4 Å². The molecule has 0 fully saturated rings. The molecule has 1 aromatic carbocycles. The van der Waals surface area contributed by atoms with Gasteiger partial charge in [-0.1, -0.05) is 11.6 Å². The second-order valence-electron chi connectivity index (χ2n) is 7.23. The Kier molecular flexibility index (Phi) is 4.66. The van der Waals surface area contributed by atoms with Crippen LogP contribution in [0.2, 0.25) is 5.02 Å². The summed E-state index contributed by atoms with van der Waals surface area (Å²) >= 11 is 6.37. The molecule has 9 heteroatoms. The first-order valence-corrected chi connectivity index (χ1v) is 9.81. The molecule has 156 valence electrons. The fourth-order valence-electron chi connectivity index (χ4n) is 3.87. The van der Waals surface area contributed by atoms with Gasteiger partial charge in [-0.2, -0.15) is 18.3 Å². The van der Waals surface area contributed by atoms with Crippen LogP contribution in [-0.4, -0.2) is 30.5 Å². The van der Waals surface area contributed by atoms with Crippen molar-refractivity contribution in [2.24, 2.45) is 0 Å². The third kappa shape index (κ3) is 3.74. The van der Waals surface area contributed by atoms with Gasteiger partial charge in [0.1, 0.15) is 6.54 Å². The molecular weight excluding hydrogens is 427 g/mol. The topological polar surface area (TPSA) is 48.5 Å². The van der Waals surface area contributed by atoms with Gasteiger partial charge in [-0.25, -0.2) is 0 Å². The van der Waals surface area contributed by atoms with E-state index in [1.54, 1.807) is 53.9 Å². The Morgan fingerprint density at radius 3 is 2.48 bits per heavy atom. The highest BCUT2D eigenvalue weighted by Crippen LogP contribution is 2.39. The summed E-state index contributed by atoms with van der Waals surface area (Å²) in [6.45, 7) is -0.611. The fourth-order valence-corrected chi connectivity index (χ4v) is 4.09. The molecule has 0 amide bonds. The highest BCUT2D eigenvalue weighted by molar-refractivity contribution is 6.32. The number of halogens is 4. The van der Waals surface area contributed by atoms with Crippen molar-refractivity contribution in [2.45, 2.75) is 19.3 Å². The van der Waals surface area contributed by atoms with E-state index in [4.69, 9.17) is 11.6 Å². The fraction of sp³-hybridized carbons (Fsp3) is 0.136. The summed E-state index contributed by atoms with van der Waals surface area (Å²) in [4.78, 5) is 8.03. The van der Waals surface area contributed by atoms with E-state index in [0.29, 0.717) is 44.5 Å². The molecule has 0 bridgehead atoms. The number of fused-ring (bicyclic) bond motifs is 3. The van der Waals surface area contributed by atoms with Crippen molar-refractivity contribution in [1.29, 1.82) is 0 Å². The van der Waals surface area contributed by atoms with E-state index in [2.05, 4.69) is 15.1 Å². The van der Waals surface area contributed by atoms with E-state index >= 15 is 0 Å². The zero-order valence-electron chi connectivity index (χ0n) is 16.0. The number of aromatic nitrogens is 5. The Balaban J connectivity index is 1.70. The molecule has 0 spiro atoms. The molecule has 0 aliphatic heterocycles. The molecule has 5 aromatic rings. The zero-order chi connectivity index (χ0) is 21.6. The number of benzene rings is 1. The predicted molar refractivity (Wildman–Crippen MR) is 113 cm³/mol. The van der Waals surface area contributed by atoms with Gasteiger partial charge in [-0.05, 0) is 35.9 Å². The lowest BCUT2D eigenvalue weighted by atomic mass is 10.0. The van der Waals surface area contributed by atoms with Crippen LogP contribution in [0.5, 0.6) is 0 Å². The molecule has 5 nitrogen and oxygen atoms in total. The van der Waals surface area contributed by atoms with Gasteiger partial charge in [0, 0.05) is 51.7 Å². The van der Waals surface area contributed by atoms with Crippen molar-refractivity contribution in [3.05, 3.63) is 78.1 Å². The minimum Gasteiger partial charge on any atom is -0.329 e. The summed E-state index contributed by atoms with van der Waals surface area (Å²) in [5.74, 6) is 0. The molecule has 0 aliphatic rings. The summed E-state index contributed by atoms with van der Waals surface area (Å²) < 4.78 is 43.3. The van der Waals surface area contributed by atoms with Crippen LogP contribution in [-0.2, 0) is 13.1 Å². The van der Waals surface area contributed by atoms with Crippen LogP contribution in [0.1, 0.15) is 5.56 Å². The molecule has 4 heterocycles. The molecule has 31 heavy (non-hydrogen) atoms. The Hall–Kier alpha value is -3.39. The van der Waals surface area contributed by atoms with Crippen LogP contribution >= 0.6 is 11.6 Å². The lowest BCUT2D eigenvalue weighted by Crippen LogP contribution is -2.17. The first-order valence-electron chi connectivity index (χ1n) is 9.43. The highest BCUT2D eigenvalue weighted by atomic mass is 35.5. The Morgan fingerprint density at radius 1 is 0.935 bits per heavy atom. The van der Waals surface area contributed by atoms with Gasteiger partial charge in [0.2, 0.25) is 0 Å². The summed E-state index contributed by atoms with van der Waals surface area (Å²) in [5, 5.41) is 6.14. The largest absolute Gasteiger partial charge is 0.406 e. The first kappa shape index (κ1) is 19.6. The van der Waals surface area contributed by atoms with Crippen LogP contribution in [0.15, 0.2) is 67.5 Å². The monoisotopic (exact) mass is 441 g/mol. The number of hydrogen-bond acceptors (Lipinski definition) is 3. The number of pyridine rings is 2. The van der Waals surface area contributed by atoms with E-state index in [9.17, 15) is 13.2 Å². The average molecular weight is 442 g/mol. The van der Waals surface area contributed by atoms with Crippen LogP contribution in [0.4, 0.5) is 13.2 Å². The van der Waals surface area contributed by atoms with Crippen molar-refractivity contribution in [1.82, 2.24) is 24.3 Å². The van der Waals surface area contributed by atoms with E-state index in [-0.39, 0.29) is 0 Å². The van der Waals surface area contributed by atoms with Gasteiger partial charge in [-0.3, -0.25) is 14.6 Å². The third-order valence-electron chi connectivity index (χ3n) is 5.10. The van der Waals surface area contributed by atoms with Gasteiger partial charge in [-0.15, -0.1) is 0 Å². The van der Waals surface area contributed by atoms with E-state index in [0.717, 1.165) is 5.56 Å². The van der Waals surface area contributed by atoms with Gasteiger partial charge in [0.15, 0.2) is 0 Å². The molecule has 0 radical (unpaired) electrons. The van der Waals surface area contributed by atoms with Crippen molar-refractivity contribution in [3.63, 3.8) is 0 Å². The van der Waals surface area contributed by atoms with E-state index < -0.39 is 12.7 Å². The van der Waals surface area contributed by atoms with E-state index in [1.807, 2.05) is 12.1 Å². The SMILES string of the molecule is FC(F)(F)Cn1c2cnccc2c2cc(Cl)cc(-c3cnn(Cc4ccncc4)c3)c21. The van der Waals surface area contributed by atoms with Crippen molar-refractivity contribution in [3.8, 4) is 11.1 Å². The standard InChI is InChI=1S/C22H15ClF3N5/c23-16-7-18(15-9-29-30(12-15)11-14-1-4-27-5-2-14)21-19(8-16)17-3-6-28-10-20(17)31(21)13-22(24,25)26/h1-10,12H,11,13H2. The Morgan fingerprint density at radius 2 is 1.71 bits per heavy atom. The maximum absolute atomic E-state index is 13.4.